The van der Waals surface area contributed by atoms with Gasteiger partial charge in [-0.1, -0.05) is 6.07 Å². The average Bonchev–Trinajstić information content (AvgIpc) is 2.62. The summed E-state index contributed by atoms with van der Waals surface area (Å²) in [5.41, 5.74) is 0.937. The molecule has 0 unspecified atom stereocenters. The highest BCUT2D eigenvalue weighted by atomic mass is 19.1. The minimum Gasteiger partial charge on any atom is -0.493 e. The van der Waals surface area contributed by atoms with Crippen LogP contribution in [-0.4, -0.2) is 35.5 Å². The second kappa shape index (κ2) is 7.90. The van der Waals surface area contributed by atoms with Crippen LogP contribution in [0.25, 0.3) is 0 Å². The second-order valence-electron chi connectivity index (χ2n) is 6.15. The van der Waals surface area contributed by atoms with Crippen LogP contribution in [0.1, 0.15) is 18.4 Å². The SMILES string of the molecule is O=C(Cc1cccnc1)N1CCC[C@H](COc2ccc(F)cc2)C1. The standard InChI is InChI=1S/C19H21FN2O2/c20-17-5-7-18(8-6-17)24-14-16-4-2-10-22(13-16)19(23)11-15-3-1-9-21-12-15/h1,3,5-9,12,16H,2,4,10-11,13-14H2/t16-/m0/s1. The molecule has 1 saturated heterocycles. The van der Waals surface area contributed by atoms with E-state index >= 15 is 0 Å². The Morgan fingerprint density at radius 1 is 1.29 bits per heavy atom. The maximum Gasteiger partial charge on any atom is 0.227 e. The Labute approximate surface area is 141 Å². The van der Waals surface area contributed by atoms with Gasteiger partial charge in [-0.15, -0.1) is 0 Å². The van der Waals surface area contributed by atoms with Crippen LogP contribution in [0.3, 0.4) is 0 Å². The third-order valence-electron chi connectivity index (χ3n) is 4.25. The number of nitrogens with zero attached hydrogens (tertiary/aromatic N) is 2. The third-order valence-corrected chi connectivity index (χ3v) is 4.25. The molecule has 1 amide bonds. The van der Waals surface area contributed by atoms with Gasteiger partial charge in [-0.3, -0.25) is 9.78 Å². The number of likely N-dealkylation sites (tertiary alicyclic amines) is 1. The lowest BCUT2D eigenvalue weighted by Crippen LogP contribution is -2.42. The molecule has 3 rings (SSSR count). The number of carbonyl (C=O) groups is 1. The lowest BCUT2D eigenvalue weighted by molar-refractivity contribution is -0.132. The summed E-state index contributed by atoms with van der Waals surface area (Å²) in [6.07, 6.45) is 5.85. The number of benzene rings is 1. The molecule has 0 N–H and O–H groups in total. The van der Waals surface area contributed by atoms with Crippen LogP contribution in [0, 0.1) is 11.7 Å². The molecule has 0 radical (unpaired) electrons. The molecule has 2 heterocycles. The van der Waals surface area contributed by atoms with Crippen molar-refractivity contribution in [1.29, 1.82) is 0 Å². The molecule has 126 valence electrons. The van der Waals surface area contributed by atoms with Crippen molar-refractivity contribution in [2.45, 2.75) is 19.3 Å². The number of pyridine rings is 1. The number of ether oxygens (including phenoxy) is 1. The van der Waals surface area contributed by atoms with E-state index in [1.807, 2.05) is 17.0 Å². The number of rotatable bonds is 5. The first kappa shape index (κ1) is 16.4. The van der Waals surface area contributed by atoms with Gasteiger partial charge in [-0.25, -0.2) is 4.39 Å². The van der Waals surface area contributed by atoms with Gasteiger partial charge in [0.05, 0.1) is 13.0 Å². The van der Waals surface area contributed by atoms with Gasteiger partial charge in [-0.2, -0.15) is 0 Å². The van der Waals surface area contributed by atoms with Crippen LogP contribution in [0.15, 0.2) is 48.8 Å². The van der Waals surface area contributed by atoms with Crippen LogP contribution in [0.4, 0.5) is 4.39 Å². The van der Waals surface area contributed by atoms with Crippen LogP contribution in [-0.2, 0) is 11.2 Å². The molecule has 1 aromatic carbocycles. The van der Waals surface area contributed by atoms with Gasteiger partial charge in [0.2, 0.25) is 5.91 Å². The number of halogens is 1. The molecule has 0 bridgehead atoms. The highest BCUT2D eigenvalue weighted by Gasteiger charge is 2.24. The molecule has 1 atom stereocenters. The summed E-state index contributed by atoms with van der Waals surface area (Å²) < 4.78 is 18.6. The van der Waals surface area contributed by atoms with E-state index < -0.39 is 0 Å². The molecule has 5 heteroatoms. The van der Waals surface area contributed by atoms with Crippen molar-refractivity contribution >= 4 is 5.91 Å². The molecule has 24 heavy (non-hydrogen) atoms. The van der Waals surface area contributed by atoms with Gasteiger partial charge < -0.3 is 9.64 Å². The molecule has 4 nitrogen and oxygen atoms in total. The summed E-state index contributed by atoms with van der Waals surface area (Å²) in [5.74, 6) is 0.832. The van der Waals surface area contributed by atoms with Crippen molar-refractivity contribution in [2.24, 2.45) is 5.92 Å². The van der Waals surface area contributed by atoms with E-state index in [4.69, 9.17) is 4.74 Å². The average molecular weight is 328 g/mol. The number of piperidine rings is 1. The Hall–Kier alpha value is -2.43. The number of hydrogen-bond donors (Lipinski definition) is 0. The van der Waals surface area contributed by atoms with Crippen molar-refractivity contribution in [3.63, 3.8) is 0 Å². The third kappa shape index (κ3) is 4.54. The van der Waals surface area contributed by atoms with Gasteiger partial charge >= 0.3 is 0 Å². The first-order chi connectivity index (χ1) is 11.7. The van der Waals surface area contributed by atoms with E-state index in [2.05, 4.69) is 4.98 Å². The monoisotopic (exact) mass is 328 g/mol. The first-order valence-corrected chi connectivity index (χ1v) is 8.26. The fourth-order valence-electron chi connectivity index (χ4n) is 2.96. The molecule has 0 aliphatic carbocycles. The molecule has 2 aromatic rings. The molecule has 1 aliphatic heterocycles. The first-order valence-electron chi connectivity index (χ1n) is 8.26. The maximum atomic E-state index is 12.9. The lowest BCUT2D eigenvalue weighted by atomic mass is 9.98. The summed E-state index contributed by atoms with van der Waals surface area (Å²) in [5, 5.41) is 0. The van der Waals surface area contributed by atoms with Crippen LogP contribution >= 0.6 is 0 Å². The van der Waals surface area contributed by atoms with Gasteiger partial charge in [0.25, 0.3) is 0 Å². The Bertz CT molecular complexity index is 661. The number of amides is 1. The van der Waals surface area contributed by atoms with Crippen molar-refractivity contribution in [1.82, 2.24) is 9.88 Å². The number of hydrogen-bond acceptors (Lipinski definition) is 3. The minimum absolute atomic E-state index is 0.134. The summed E-state index contributed by atoms with van der Waals surface area (Å²) in [6.45, 7) is 2.05. The van der Waals surface area contributed by atoms with Gasteiger partial charge in [0.15, 0.2) is 0 Å². The zero-order valence-electron chi connectivity index (χ0n) is 13.5. The summed E-state index contributed by atoms with van der Waals surface area (Å²) in [4.78, 5) is 18.4. The smallest absolute Gasteiger partial charge is 0.227 e. The van der Waals surface area contributed by atoms with Crippen LogP contribution in [0.5, 0.6) is 5.75 Å². The Morgan fingerprint density at radius 3 is 2.88 bits per heavy atom. The van der Waals surface area contributed by atoms with Crippen LogP contribution in [0.2, 0.25) is 0 Å². The molecule has 0 spiro atoms. The quantitative estimate of drug-likeness (QED) is 0.847. The van der Waals surface area contributed by atoms with E-state index in [1.54, 1.807) is 24.5 Å². The number of carbonyl (C=O) groups excluding carboxylic acids is 1. The molecule has 1 fully saturated rings. The van der Waals surface area contributed by atoms with Crippen LogP contribution < -0.4 is 4.74 Å². The highest BCUT2D eigenvalue weighted by Crippen LogP contribution is 2.20. The molecular weight excluding hydrogens is 307 g/mol. The van der Waals surface area contributed by atoms with E-state index in [0.29, 0.717) is 31.2 Å². The lowest BCUT2D eigenvalue weighted by Gasteiger charge is -2.32. The van der Waals surface area contributed by atoms with E-state index in [0.717, 1.165) is 24.9 Å². The zero-order chi connectivity index (χ0) is 16.8. The normalized spacial score (nSPS) is 17.5. The minimum atomic E-state index is -0.271. The second-order valence-corrected chi connectivity index (χ2v) is 6.15. The highest BCUT2D eigenvalue weighted by molar-refractivity contribution is 5.78. The fraction of sp³-hybridized carbons (Fsp3) is 0.368. The van der Waals surface area contributed by atoms with Crippen molar-refractivity contribution in [2.75, 3.05) is 19.7 Å². The summed E-state index contributed by atoms with van der Waals surface area (Å²) in [7, 11) is 0. The van der Waals surface area contributed by atoms with E-state index in [1.165, 1.54) is 12.1 Å². The van der Waals surface area contributed by atoms with E-state index in [-0.39, 0.29) is 11.7 Å². The largest absolute Gasteiger partial charge is 0.493 e. The van der Waals surface area contributed by atoms with Crippen molar-refractivity contribution in [3.05, 3.63) is 60.2 Å². The van der Waals surface area contributed by atoms with Gasteiger partial charge in [-0.05, 0) is 48.7 Å². The molecule has 0 saturated carbocycles. The Balaban J connectivity index is 1.50. The molecule has 1 aliphatic rings. The Morgan fingerprint density at radius 2 is 2.12 bits per heavy atom. The topological polar surface area (TPSA) is 42.4 Å². The van der Waals surface area contributed by atoms with Crippen molar-refractivity contribution < 1.29 is 13.9 Å². The zero-order valence-corrected chi connectivity index (χ0v) is 13.5. The fourth-order valence-corrected chi connectivity index (χ4v) is 2.96. The van der Waals surface area contributed by atoms with Gasteiger partial charge in [0, 0.05) is 31.4 Å². The predicted octanol–water partition coefficient (Wildman–Crippen LogP) is 3.08. The predicted molar refractivity (Wildman–Crippen MR) is 89.1 cm³/mol. The Kier molecular flexibility index (Phi) is 5.41. The summed E-state index contributed by atoms with van der Waals surface area (Å²) >= 11 is 0. The van der Waals surface area contributed by atoms with Crippen molar-refractivity contribution in [3.8, 4) is 5.75 Å². The van der Waals surface area contributed by atoms with E-state index in [9.17, 15) is 9.18 Å². The molecule has 1 aromatic heterocycles. The molecular formula is C19H21FN2O2. The van der Waals surface area contributed by atoms with Gasteiger partial charge in [0.1, 0.15) is 11.6 Å². The summed E-state index contributed by atoms with van der Waals surface area (Å²) in [6, 6.07) is 9.80. The maximum absolute atomic E-state index is 12.9. The number of aromatic nitrogens is 1.